The van der Waals surface area contributed by atoms with E-state index in [1.807, 2.05) is 6.07 Å². The molecule has 1 saturated heterocycles. The van der Waals surface area contributed by atoms with Gasteiger partial charge in [-0.15, -0.1) is 0 Å². The highest BCUT2D eigenvalue weighted by atomic mass is 19.1. The van der Waals surface area contributed by atoms with Crippen molar-refractivity contribution in [2.75, 3.05) is 6.54 Å². The molecule has 3 aromatic rings. The number of H-pyrrole nitrogens is 1. The fraction of sp³-hybridized carbons (Fsp3) is 0.400. The molecule has 1 aromatic carbocycles. The summed E-state index contributed by atoms with van der Waals surface area (Å²) in [7, 11) is 1.44. The second-order valence-corrected chi connectivity index (χ2v) is 9.31. The predicted molar refractivity (Wildman–Crippen MR) is 125 cm³/mol. The third-order valence-electron chi connectivity index (χ3n) is 6.64. The Balaban J connectivity index is 1.38. The van der Waals surface area contributed by atoms with Gasteiger partial charge in [-0.05, 0) is 30.4 Å². The van der Waals surface area contributed by atoms with Crippen molar-refractivity contribution in [3.63, 3.8) is 0 Å². The van der Waals surface area contributed by atoms with Crippen LogP contribution in [0.5, 0.6) is 0 Å². The summed E-state index contributed by atoms with van der Waals surface area (Å²) in [5.41, 5.74) is 1.08. The fourth-order valence-electron chi connectivity index (χ4n) is 4.62. The summed E-state index contributed by atoms with van der Waals surface area (Å²) in [5.74, 6) is -1.34. The van der Waals surface area contributed by atoms with Gasteiger partial charge in [0.25, 0.3) is 0 Å². The number of hydrogen-bond donors (Lipinski definition) is 2. The van der Waals surface area contributed by atoms with Crippen molar-refractivity contribution in [1.29, 1.82) is 0 Å². The number of hydrogen-bond acceptors (Lipinski definition) is 5. The topological polar surface area (TPSA) is 113 Å². The zero-order valence-corrected chi connectivity index (χ0v) is 19.7. The van der Waals surface area contributed by atoms with Gasteiger partial charge in [-0.2, -0.15) is 9.49 Å². The molecular weight excluding hydrogens is 470 g/mol. The van der Waals surface area contributed by atoms with E-state index < -0.39 is 41.7 Å². The molecule has 3 heterocycles. The first-order valence-electron chi connectivity index (χ1n) is 11.9. The summed E-state index contributed by atoms with van der Waals surface area (Å²) < 4.78 is 30.2. The number of aromatic nitrogens is 4. The minimum atomic E-state index is -1.38. The predicted octanol–water partition coefficient (Wildman–Crippen LogP) is 1.91. The molecule has 1 saturated carbocycles. The Morgan fingerprint density at radius 3 is 2.58 bits per heavy atom. The molecule has 0 radical (unpaired) electrons. The molecule has 36 heavy (non-hydrogen) atoms. The fourth-order valence-corrected chi connectivity index (χ4v) is 4.62. The number of aryl methyl sites for hydroxylation is 1. The minimum Gasteiger partial charge on any atom is -0.342 e. The summed E-state index contributed by atoms with van der Waals surface area (Å²) in [6, 6.07) is 10.5. The van der Waals surface area contributed by atoms with Gasteiger partial charge < -0.3 is 10.2 Å². The lowest BCUT2D eigenvalue weighted by Crippen LogP contribution is -2.47. The number of alkyl halides is 1. The van der Waals surface area contributed by atoms with Crippen molar-refractivity contribution in [2.45, 2.75) is 49.9 Å². The molecule has 9 nitrogen and oxygen atoms in total. The van der Waals surface area contributed by atoms with Gasteiger partial charge in [0, 0.05) is 19.0 Å². The summed E-state index contributed by atoms with van der Waals surface area (Å²) in [5, 5.41) is 6.79. The maximum atomic E-state index is 14.8. The average molecular weight is 497 g/mol. The summed E-state index contributed by atoms with van der Waals surface area (Å²) in [6.45, 7) is -0.243. The number of pyridine rings is 1. The number of amides is 2. The van der Waals surface area contributed by atoms with E-state index in [0.29, 0.717) is 16.8 Å². The molecule has 0 unspecified atom stereocenters. The number of likely N-dealkylation sites (tertiary alicyclic amines) is 1. The van der Waals surface area contributed by atoms with Crippen LogP contribution in [0, 0.1) is 5.95 Å². The van der Waals surface area contributed by atoms with E-state index in [1.165, 1.54) is 11.9 Å². The number of nitrogens with one attached hydrogen (secondary N) is 2. The van der Waals surface area contributed by atoms with Crippen LogP contribution in [0.3, 0.4) is 0 Å². The Kier molecular flexibility index (Phi) is 6.38. The van der Waals surface area contributed by atoms with Gasteiger partial charge >= 0.3 is 5.69 Å². The molecule has 1 aliphatic carbocycles. The molecular formula is C25H26F2N6O3. The van der Waals surface area contributed by atoms with Gasteiger partial charge in [-0.3, -0.25) is 14.6 Å². The average Bonchev–Trinajstić information content (AvgIpc) is 3.54. The Morgan fingerprint density at radius 2 is 1.94 bits per heavy atom. The van der Waals surface area contributed by atoms with Gasteiger partial charge in [-0.1, -0.05) is 36.4 Å². The van der Waals surface area contributed by atoms with E-state index in [4.69, 9.17) is 0 Å². The molecule has 188 valence electrons. The maximum absolute atomic E-state index is 14.8. The molecule has 11 heteroatoms. The van der Waals surface area contributed by atoms with Crippen LogP contribution >= 0.6 is 0 Å². The van der Waals surface area contributed by atoms with Crippen LogP contribution in [0.1, 0.15) is 53.9 Å². The monoisotopic (exact) mass is 496 g/mol. The van der Waals surface area contributed by atoms with Crippen molar-refractivity contribution < 1.29 is 18.4 Å². The Hall–Kier alpha value is -3.89. The van der Waals surface area contributed by atoms with E-state index in [1.54, 1.807) is 36.4 Å². The van der Waals surface area contributed by atoms with Crippen molar-refractivity contribution in [2.24, 2.45) is 7.05 Å². The lowest BCUT2D eigenvalue weighted by molar-refractivity contribution is -0.138. The van der Waals surface area contributed by atoms with E-state index in [2.05, 4.69) is 20.4 Å². The number of aromatic amines is 1. The van der Waals surface area contributed by atoms with E-state index in [9.17, 15) is 23.2 Å². The largest absolute Gasteiger partial charge is 0.343 e. The van der Waals surface area contributed by atoms with Crippen LogP contribution in [0.15, 0.2) is 47.3 Å². The Morgan fingerprint density at radius 1 is 1.19 bits per heavy atom. The Bertz CT molecular complexity index is 1340. The lowest BCUT2D eigenvalue weighted by atomic mass is 10.0. The van der Waals surface area contributed by atoms with Crippen LogP contribution in [-0.4, -0.2) is 55.2 Å². The molecule has 2 amide bonds. The van der Waals surface area contributed by atoms with Gasteiger partial charge in [0.05, 0.1) is 24.7 Å². The van der Waals surface area contributed by atoms with Crippen molar-refractivity contribution >= 4 is 11.8 Å². The minimum absolute atomic E-state index is 0.131. The number of carbonyl (C=O) groups excluding carboxylic acids is 2. The number of rotatable bonds is 7. The van der Waals surface area contributed by atoms with Crippen LogP contribution in [0.25, 0.3) is 0 Å². The van der Waals surface area contributed by atoms with E-state index in [0.717, 1.165) is 17.5 Å². The molecule has 5 rings (SSSR count). The second kappa shape index (κ2) is 9.63. The van der Waals surface area contributed by atoms with Crippen LogP contribution in [0.2, 0.25) is 0 Å². The zero-order valence-electron chi connectivity index (χ0n) is 19.7. The summed E-state index contributed by atoms with van der Waals surface area (Å²) >= 11 is 0. The molecule has 0 spiro atoms. The van der Waals surface area contributed by atoms with Crippen LogP contribution in [0.4, 0.5) is 8.78 Å². The SMILES string of the molecule is Cn1nc(CC(=O)N2C[C@H](F)C[C@H]2C(=O)N[C@@H](c2ccccc2)c2ccc(C3CC3)c(F)n2)[nH]c1=O. The standard InChI is InChI=1S/C25H26F2N6O3/c1-32-25(36)29-20(31-32)12-21(34)33-13-16(26)11-19(33)24(35)30-22(15-5-3-2-4-6-15)18-10-9-17(14-7-8-14)23(27)28-18/h2-6,9-10,14,16,19,22H,7-8,11-13H2,1H3,(H,30,35)(H,29,31,36)/t16-,19+,22+/m1/s1. The van der Waals surface area contributed by atoms with E-state index in [-0.39, 0.29) is 31.1 Å². The zero-order chi connectivity index (χ0) is 25.4. The molecule has 2 fully saturated rings. The highest BCUT2D eigenvalue weighted by Crippen LogP contribution is 2.41. The first kappa shape index (κ1) is 23.8. The van der Waals surface area contributed by atoms with Crippen molar-refractivity contribution in [3.05, 3.63) is 81.5 Å². The molecule has 3 atom stereocenters. The number of carbonyl (C=O) groups is 2. The molecule has 0 bridgehead atoms. The molecule has 2 aliphatic rings. The molecule has 2 N–H and O–H groups in total. The van der Waals surface area contributed by atoms with Gasteiger partial charge in [0.15, 0.2) is 0 Å². The highest BCUT2D eigenvalue weighted by Gasteiger charge is 2.41. The summed E-state index contributed by atoms with van der Waals surface area (Å²) in [6.07, 6.45) is 0.0406. The number of halogens is 2. The lowest BCUT2D eigenvalue weighted by Gasteiger charge is -2.26. The van der Waals surface area contributed by atoms with E-state index >= 15 is 0 Å². The normalized spacial score (nSPS) is 20.4. The first-order chi connectivity index (χ1) is 17.3. The van der Waals surface area contributed by atoms with Crippen molar-refractivity contribution in [3.8, 4) is 0 Å². The van der Waals surface area contributed by atoms with Gasteiger partial charge in [0.2, 0.25) is 17.8 Å². The third-order valence-corrected chi connectivity index (χ3v) is 6.64. The maximum Gasteiger partial charge on any atom is 0.343 e. The van der Waals surface area contributed by atoms with Crippen LogP contribution in [-0.2, 0) is 23.1 Å². The van der Waals surface area contributed by atoms with Crippen molar-refractivity contribution in [1.82, 2.24) is 30.0 Å². The molecule has 1 aliphatic heterocycles. The summed E-state index contributed by atoms with van der Waals surface area (Å²) in [4.78, 5) is 45.7. The highest BCUT2D eigenvalue weighted by molar-refractivity contribution is 5.89. The number of nitrogens with zero attached hydrogens (tertiary/aromatic N) is 4. The van der Waals surface area contributed by atoms with Gasteiger partial charge in [-0.25, -0.2) is 18.9 Å². The smallest absolute Gasteiger partial charge is 0.342 e. The number of benzene rings is 1. The second-order valence-electron chi connectivity index (χ2n) is 9.31. The van der Waals surface area contributed by atoms with Gasteiger partial charge in [0.1, 0.15) is 18.0 Å². The molecule has 2 aromatic heterocycles. The third kappa shape index (κ3) is 4.91. The Labute approximate surface area is 205 Å². The first-order valence-corrected chi connectivity index (χ1v) is 11.9. The van der Waals surface area contributed by atoms with Crippen LogP contribution < -0.4 is 11.0 Å². The quantitative estimate of drug-likeness (QED) is 0.485.